The highest BCUT2D eigenvalue weighted by Gasteiger charge is 2.38. The van der Waals surface area contributed by atoms with E-state index < -0.39 is 10.0 Å². The lowest BCUT2D eigenvalue weighted by molar-refractivity contribution is -0.119. The Morgan fingerprint density at radius 3 is 2.33 bits per heavy atom. The van der Waals surface area contributed by atoms with Crippen molar-refractivity contribution < 1.29 is 17.9 Å². The van der Waals surface area contributed by atoms with Crippen LogP contribution in [-0.2, 0) is 19.6 Å². The van der Waals surface area contributed by atoms with Crippen LogP contribution in [0.25, 0.3) is 0 Å². The topological polar surface area (TPSA) is 85.4 Å². The molecule has 1 N–H and O–H groups in total. The Balaban J connectivity index is 1.42. The number of benzene rings is 2. The van der Waals surface area contributed by atoms with Gasteiger partial charge in [-0.05, 0) is 63.2 Å². The minimum Gasteiger partial charge on any atom is -0.381 e. The number of ether oxygens (including phenoxy) is 1. The summed E-state index contributed by atoms with van der Waals surface area (Å²) in [6, 6.07) is 12.9. The SMILES string of the molecule is C[C@@H]1C(=O)N(C)c2ccc(Nc3cccc(S(=O)(=O)N4CCN(C)CC4)c3)cc2N1C1CCOCC1. The lowest BCUT2D eigenvalue weighted by Gasteiger charge is -2.45. The molecule has 2 aromatic rings. The average molecular weight is 514 g/mol. The minimum absolute atomic E-state index is 0.0801. The number of carbonyl (C=O) groups is 1. The molecule has 0 saturated carbocycles. The van der Waals surface area contributed by atoms with Gasteiger partial charge in [-0.2, -0.15) is 4.31 Å². The highest BCUT2D eigenvalue weighted by atomic mass is 32.2. The summed E-state index contributed by atoms with van der Waals surface area (Å²) >= 11 is 0. The van der Waals surface area contributed by atoms with Gasteiger partial charge in [0.25, 0.3) is 0 Å². The zero-order chi connectivity index (χ0) is 25.4. The van der Waals surface area contributed by atoms with Gasteiger partial charge in [0, 0.05) is 63.9 Å². The van der Waals surface area contributed by atoms with Gasteiger partial charge in [0.05, 0.1) is 16.3 Å². The van der Waals surface area contributed by atoms with Gasteiger partial charge in [-0.1, -0.05) is 6.07 Å². The molecule has 1 amide bonds. The molecule has 3 aliphatic rings. The number of hydrogen-bond donors (Lipinski definition) is 1. The van der Waals surface area contributed by atoms with Crippen molar-refractivity contribution in [2.75, 3.05) is 68.6 Å². The number of carbonyl (C=O) groups excluding carboxylic acids is 1. The first-order valence-corrected chi connectivity index (χ1v) is 14.0. The van der Waals surface area contributed by atoms with Crippen LogP contribution in [0.15, 0.2) is 47.4 Å². The van der Waals surface area contributed by atoms with Gasteiger partial charge < -0.3 is 24.8 Å². The summed E-state index contributed by atoms with van der Waals surface area (Å²) in [7, 11) is 0.267. The lowest BCUT2D eigenvalue weighted by Crippen LogP contribution is -2.55. The first kappa shape index (κ1) is 25.0. The summed E-state index contributed by atoms with van der Waals surface area (Å²) in [4.78, 5) is 19.4. The highest BCUT2D eigenvalue weighted by molar-refractivity contribution is 7.89. The van der Waals surface area contributed by atoms with Crippen molar-refractivity contribution >= 4 is 38.7 Å². The van der Waals surface area contributed by atoms with E-state index in [-0.39, 0.29) is 22.9 Å². The molecule has 2 fully saturated rings. The smallest absolute Gasteiger partial charge is 0.249 e. The third-order valence-electron chi connectivity index (χ3n) is 7.53. The number of rotatable bonds is 5. The Hall–Kier alpha value is -2.66. The number of amides is 1. The van der Waals surface area contributed by atoms with Gasteiger partial charge in [-0.3, -0.25) is 4.79 Å². The molecular weight excluding hydrogens is 478 g/mol. The number of likely N-dealkylation sites (N-methyl/N-ethyl adjacent to an activating group) is 2. The van der Waals surface area contributed by atoms with E-state index in [1.54, 1.807) is 27.4 Å². The predicted octanol–water partition coefficient (Wildman–Crippen LogP) is 2.72. The standard InChI is InChI=1S/C26H35N5O4S/c1-19-26(32)29(3)24-8-7-21(18-25(24)31(19)22-9-15-35-16-10-22)27-20-5-4-6-23(17-20)36(33,34)30-13-11-28(2)12-14-30/h4-8,17-19,22,27H,9-16H2,1-3H3/t19-/m1/s1. The number of sulfonamides is 1. The van der Waals surface area contributed by atoms with Crippen LogP contribution in [0.4, 0.5) is 22.7 Å². The fraction of sp³-hybridized carbons (Fsp3) is 0.500. The average Bonchev–Trinajstić information content (AvgIpc) is 2.88. The third-order valence-corrected chi connectivity index (χ3v) is 9.42. The van der Waals surface area contributed by atoms with E-state index in [2.05, 4.69) is 21.2 Å². The fourth-order valence-electron chi connectivity index (χ4n) is 5.37. The molecule has 2 aromatic carbocycles. The van der Waals surface area contributed by atoms with E-state index in [9.17, 15) is 13.2 Å². The summed E-state index contributed by atoms with van der Waals surface area (Å²) in [5, 5.41) is 3.39. The second kappa shape index (κ2) is 10.0. The van der Waals surface area contributed by atoms with Gasteiger partial charge in [-0.15, -0.1) is 0 Å². The molecule has 5 rings (SSSR count). The number of nitrogens with one attached hydrogen (secondary N) is 1. The molecule has 0 spiro atoms. The van der Waals surface area contributed by atoms with Crippen molar-refractivity contribution in [1.29, 1.82) is 0 Å². The molecule has 0 aliphatic carbocycles. The second-order valence-electron chi connectivity index (χ2n) is 9.89. The summed E-state index contributed by atoms with van der Waals surface area (Å²) in [5.41, 5.74) is 3.43. The second-order valence-corrected chi connectivity index (χ2v) is 11.8. The van der Waals surface area contributed by atoms with Crippen molar-refractivity contribution in [2.45, 2.75) is 36.7 Å². The molecule has 10 heteroatoms. The summed E-state index contributed by atoms with van der Waals surface area (Å²) in [5.74, 6) is 0.0801. The van der Waals surface area contributed by atoms with Gasteiger partial charge >= 0.3 is 0 Å². The highest BCUT2D eigenvalue weighted by Crippen LogP contribution is 2.40. The van der Waals surface area contributed by atoms with E-state index in [0.29, 0.717) is 32.0 Å². The maximum Gasteiger partial charge on any atom is 0.249 e. The number of hydrogen-bond acceptors (Lipinski definition) is 7. The normalized spacial score (nSPS) is 22.5. The van der Waals surface area contributed by atoms with Crippen LogP contribution in [0.1, 0.15) is 19.8 Å². The molecule has 3 heterocycles. The molecule has 36 heavy (non-hydrogen) atoms. The monoisotopic (exact) mass is 513 g/mol. The van der Waals surface area contributed by atoms with Gasteiger partial charge in [-0.25, -0.2) is 8.42 Å². The molecular formula is C26H35N5O4S. The summed E-state index contributed by atoms with van der Waals surface area (Å²) in [6.45, 7) is 5.79. The van der Waals surface area contributed by atoms with E-state index in [1.165, 1.54) is 0 Å². The Kier molecular flexibility index (Phi) is 6.95. The zero-order valence-corrected chi connectivity index (χ0v) is 22.0. The molecule has 0 radical (unpaired) electrons. The molecule has 0 aromatic heterocycles. The number of anilines is 4. The fourth-order valence-corrected chi connectivity index (χ4v) is 6.84. The molecule has 0 unspecified atom stereocenters. The molecule has 3 aliphatic heterocycles. The van der Waals surface area contributed by atoms with Gasteiger partial charge in [0.1, 0.15) is 6.04 Å². The Morgan fingerprint density at radius 2 is 1.61 bits per heavy atom. The van der Waals surface area contributed by atoms with Crippen LogP contribution in [0.5, 0.6) is 0 Å². The van der Waals surface area contributed by atoms with Crippen LogP contribution in [0.3, 0.4) is 0 Å². The van der Waals surface area contributed by atoms with Crippen molar-refractivity contribution in [3.63, 3.8) is 0 Å². The van der Waals surface area contributed by atoms with Gasteiger partial charge in [0.2, 0.25) is 15.9 Å². The Morgan fingerprint density at radius 1 is 0.917 bits per heavy atom. The van der Waals surface area contributed by atoms with Crippen molar-refractivity contribution in [3.8, 4) is 0 Å². The minimum atomic E-state index is -3.56. The van der Waals surface area contributed by atoms with E-state index in [1.807, 2.05) is 39.2 Å². The Bertz CT molecular complexity index is 1220. The Labute approximate surface area is 213 Å². The maximum absolute atomic E-state index is 13.2. The molecule has 2 saturated heterocycles. The van der Waals surface area contributed by atoms with E-state index in [4.69, 9.17) is 4.74 Å². The van der Waals surface area contributed by atoms with Gasteiger partial charge in [0.15, 0.2) is 0 Å². The molecule has 9 nitrogen and oxygen atoms in total. The summed E-state index contributed by atoms with van der Waals surface area (Å²) in [6.07, 6.45) is 1.76. The van der Waals surface area contributed by atoms with E-state index >= 15 is 0 Å². The molecule has 0 bridgehead atoms. The first-order chi connectivity index (χ1) is 17.3. The quantitative estimate of drug-likeness (QED) is 0.658. The maximum atomic E-state index is 13.2. The van der Waals surface area contributed by atoms with Crippen LogP contribution >= 0.6 is 0 Å². The van der Waals surface area contributed by atoms with Crippen molar-refractivity contribution in [3.05, 3.63) is 42.5 Å². The summed E-state index contributed by atoms with van der Waals surface area (Å²) < 4.78 is 33.6. The molecule has 1 atom stereocenters. The number of piperazine rings is 1. The third kappa shape index (κ3) is 4.70. The first-order valence-electron chi connectivity index (χ1n) is 12.6. The predicted molar refractivity (Wildman–Crippen MR) is 142 cm³/mol. The van der Waals surface area contributed by atoms with Crippen LogP contribution in [0, 0.1) is 0 Å². The van der Waals surface area contributed by atoms with Crippen LogP contribution in [0.2, 0.25) is 0 Å². The molecule has 194 valence electrons. The number of nitrogens with zero attached hydrogens (tertiary/aromatic N) is 4. The van der Waals surface area contributed by atoms with Crippen LogP contribution < -0.4 is 15.1 Å². The zero-order valence-electron chi connectivity index (χ0n) is 21.2. The largest absolute Gasteiger partial charge is 0.381 e. The number of fused-ring (bicyclic) bond motifs is 1. The van der Waals surface area contributed by atoms with Crippen LogP contribution in [-0.4, -0.2) is 89.1 Å². The van der Waals surface area contributed by atoms with Crippen molar-refractivity contribution in [2.24, 2.45) is 0 Å². The van der Waals surface area contributed by atoms with E-state index in [0.717, 1.165) is 43.0 Å². The van der Waals surface area contributed by atoms with Crippen molar-refractivity contribution in [1.82, 2.24) is 9.21 Å². The lowest BCUT2D eigenvalue weighted by atomic mass is 9.99.